The van der Waals surface area contributed by atoms with Gasteiger partial charge in [0.15, 0.2) is 0 Å². The molecule has 0 aromatic heterocycles. The number of benzene rings is 1. The number of piperidine rings is 1. The molecule has 1 aliphatic carbocycles. The van der Waals surface area contributed by atoms with E-state index < -0.39 is 5.54 Å². The van der Waals surface area contributed by atoms with E-state index in [-0.39, 0.29) is 29.5 Å². The van der Waals surface area contributed by atoms with Crippen LogP contribution in [0.2, 0.25) is 0 Å². The van der Waals surface area contributed by atoms with Gasteiger partial charge >= 0.3 is 0 Å². The van der Waals surface area contributed by atoms with Crippen molar-refractivity contribution in [2.75, 3.05) is 31.6 Å². The molecular weight excluding hydrogens is 405 g/mol. The molecule has 5 rings (SSSR count). The summed E-state index contributed by atoms with van der Waals surface area (Å²) in [6.45, 7) is 6.92. The average molecular weight is 442 g/mol. The molecule has 3 heterocycles. The number of anilines is 1. The van der Waals surface area contributed by atoms with E-state index in [4.69, 9.17) is 0 Å². The van der Waals surface area contributed by atoms with Gasteiger partial charge in [-0.25, -0.2) is 4.39 Å². The predicted molar refractivity (Wildman–Crippen MR) is 123 cm³/mol. The third-order valence-corrected chi connectivity index (χ3v) is 9.15. The molecule has 2 atom stereocenters. The third-order valence-electron chi connectivity index (χ3n) is 9.15. The lowest BCUT2D eigenvalue weighted by atomic mass is 9.73. The van der Waals surface area contributed by atoms with Crippen LogP contribution < -0.4 is 4.90 Å². The molecule has 5 nitrogen and oxygen atoms in total. The molecule has 3 aliphatic heterocycles. The van der Waals surface area contributed by atoms with E-state index in [2.05, 4.69) is 23.6 Å². The Morgan fingerprint density at radius 3 is 2.28 bits per heavy atom. The van der Waals surface area contributed by atoms with Crippen molar-refractivity contribution in [2.45, 2.75) is 64.0 Å². The van der Waals surface area contributed by atoms with Crippen molar-refractivity contribution < 1.29 is 14.0 Å². The summed E-state index contributed by atoms with van der Waals surface area (Å²) in [4.78, 5) is 32.1. The second-order valence-electron chi connectivity index (χ2n) is 10.8. The molecule has 0 bridgehead atoms. The summed E-state index contributed by atoms with van der Waals surface area (Å²) >= 11 is 0. The smallest absolute Gasteiger partial charge is 0.235 e. The van der Waals surface area contributed by atoms with Crippen molar-refractivity contribution in [1.29, 1.82) is 0 Å². The number of hydrogen-bond donors (Lipinski definition) is 0. The molecule has 4 fully saturated rings. The van der Waals surface area contributed by atoms with Crippen molar-refractivity contribution >= 4 is 17.5 Å². The highest BCUT2D eigenvalue weighted by atomic mass is 19.1. The molecule has 0 N–H and O–H groups in total. The maximum absolute atomic E-state index is 14.9. The molecule has 32 heavy (non-hydrogen) atoms. The highest BCUT2D eigenvalue weighted by Crippen LogP contribution is 2.52. The molecule has 2 amide bonds. The first-order chi connectivity index (χ1) is 15.3. The van der Waals surface area contributed by atoms with Gasteiger partial charge in [0.05, 0.1) is 23.1 Å². The molecule has 1 aromatic carbocycles. The Labute approximate surface area is 190 Å². The molecule has 2 unspecified atom stereocenters. The van der Waals surface area contributed by atoms with Crippen molar-refractivity contribution in [3.8, 4) is 0 Å². The van der Waals surface area contributed by atoms with E-state index in [1.165, 1.54) is 36.6 Å². The maximum Gasteiger partial charge on any atom is 0.235 e. The Kier molecular flexibility index (Phi) is 5.55. The zero-order chi connectivity index (χ0) is 22.6. The van der Waals surface area contributed by atoms with Crippen LogP contribution in [0.25, 0.3) is 0 Å². The minimum absolute atomic E-state index is 0.0790. The van der Waals surface area contributed by atoms with Gasteiger partial charge in [-0.2, -0.15) is 0 Å². The fourth-order valence-corrected chi connectivity index (χ4v) is 7.21. The quantitative estimate of drug-likeness (QED) is 0.667. The highest BCUT2D eigenvalue weighted by molar-refractivity contribution is 6.07. The van der Waals surface area contributed by atoms with Crippen molar-refractivity contribution in [2.24, 2.45) is 23.7 Å². The van der Waals surface area contributed by atoms with E-state index >= 15 is 0 Å². The van der Waals surface area contributed by atoms with Crippen LogP contribution in [-0.2, 0) is 9.59 Å². The van der Waals surface area contributed by atoms with Crippen LogP contribution in [0.4, 0.5) is 10.1 Å². The van der Waals surface area contributed by atoms with Crippen LogP contribution in [0.5, 0.6) is 0 Å². The van der Waals surface area contributed by atoms with Crippen LogP contribution in [0.1, 0.15) is 52.4 Å². The van der Waals surface area contributed by atoms with Gasteiger partial charge in [-0.3, -0.25) is 14.5 Å². The summed E-state index contributed by atoms with van der Waals surface area (Å²) in [5.74, 6) is 0.422. The Hall–Kier alpha value is -1.95. The Morgan fingerprint density at radius 2 is 1.66 bits per heavy atom. The van der Waals surface area contributed by atoms with Crippen molar-refractivity contribution in [3.63, 3.8) is 0 Å². The summed E-state index contributed by atoms with van der Waals surface area (Å²) in [6, 6.07) is 7.44. The summed E-state index contributed by atoms with van der Waals surface area (Å²) in [5.41, 5.74) is 0.0618. The van der Waals surface area contributed by atoms with Crippen LogP contribution in [0.15, 0.2) is 24.3 Å². The lowest BCUT2D eigenvalue weighted by Gasteiger charge is -2.50. The van der Waals surface area contributed by atoms with E-state index in [1.807, 2.05) is 6.07 Å². The lowest BCUT2D eigenvalue weighted by molar-refractivity contribution is -0.139. The first kappa shape index (κ1) is 21.9. The number of para-hydroxylation sites is 1. The van der Waals surface area contributed by atoms with Crippen LogP contribution in [0, 0.1) is 29.5 Å². The molecule has 3 saturated heterocycles. The van der Waals surface area contributed by atoms with Gasteiger partial charge in [0, 0.05) is 32.7 Å². The summed E-state index contributed by atoms with van der Waals surface area (Å²) in [7, 11) is 1.60. The van der Waals surface area contributed by atoms with Gasteiger partial charge in [-0.1, -0.05) is 26.0 Å². The third kappa shape index (κ3) is 3.28. The molecule has 6 heteroatoms. The standard InChI is InChI=1S/C26H36FN3O2/c1-17(2)18-8-10-19(11-9-18)29-14-12-26(13-15-29)23-20(24(31)28(3)25(23)32)16-30(26)22-7-5-4-6-21(22)27/h4-7,17-20,23H,8-16H2,1-3H3. The molecule has 174 valence electrons. The van der Waals surface area contributed by atoms with Gasteiger partial charge in [0.2, 0.25) is 11.8 Å². The van der Waals surface area contributed by atoms with Crippen molar-refractivity contribution in [3.05, 3.63) is 30.1 Å². The average Bonchev–Trinajstić information content (AvgIpc) is 3.23. The van der Waals surface area contributed by atoms with E-state index in [9.17, 15) is 14.0 Å². The Morgan fingerprint density at radius 1 is 1.00 bits per heavy atom. The number of fused-ring (bicyclic) bond motifs is 2. The first-order valence-electron chi connectivity index (χ1n) is 12.4. The molecule has 1 spiro atoms. The van der Waals surface area contributed by atoms with Gasteiger partial charge < -0.3 is 9.80 Å². The zero-order valence-corrected chi connectivity index (χ0v) is 19.6. The number of halogens is 1. The van der Waals surface area contributed by atoms with Crippen molar-refractivity contribution in [1.82, 2.24) is 9.80 Å². The number of carbonyl (C=O) groups is 2. The first-order valence-corrected chi connectivity index (χ1v) is 12.4. The number of carbonyl (C=O) groups excluding carboxylic acids is 2. The lowest BCUT2D eigenvalue weighted by Crippen LogP contribution is -2.59. The molecule has 1 aromatic rings. The zero-order valence-electron chi connectivity index (χ0n) is 19.6. The number of likely N-dealkylation sites (tertiary alicyclic amines) is 2. The number of rotatable bonds is 3. The van der Waals surface area contributed by atoms with E-state index in [0.717, 1.165) is 37.8 Å². The number of hydrogen-bond acceptors (Lipinski definition) is 4. The normalized spacial score (nSPS) is 32.9. The Balaban J connectivity index is 1.39. The fourth-order valence-electron chi connectivity index (χ4n) is 7.21. The number of nitrogens with zero attached hydrogens (tertiary/aromatic N) is 3. The second kappa shape index (κ2) is 8.12. The molecule has 1 saturated carbocycles. The molecule has 4 aliphatic rings. The fraction of sp³-hybridized carbons (Fsp3) is 0.692. The number of imide groups is 1. The monoisotopic (exact) mass is 441 g/mol. The minimum atomic E-state index is -0.476. The van der Waals surface area contributed by atoms with Gasteiger partial charge in [0.1, 0.15) is 5.82 Å². The highest BCUT2D eigenvalue weighted by Gasteiger charge is 2.64. The van der Waals surface area contributed by atoms with E-state index in [1.54, 1.807) is 19.2 Å². The summed E-state index contributed by atoms with van der Waals surface area (Å²) in [6.07, 6.45) is 6.71. The summed E-state index contributed by atoms with van der Waals surface area (Å²) in [5, 5.41) is 0. The van der Waals surface area contributed by atoms with Crippen LogP contribution in [0.3, 0.4) is 0 Å². The largest absolute Gasteiger partial charge is 0.362 e. The topological polar surface area (TPSA) is 43.9 Å². The van der Waals surface area contributed by atoms with Crippen LogP contribution in [-0.4, -0.2) is 59.9 Å². The van der Waals surface area contributed by atoms with Crippen LogP contribution >= 0.6 is 0 Å². The van der Waals surface area contributed by atoms with Gasteiger partial charge in [0.25, 0.3) is 0 Å². The summed E-state index contributed by atoms with van der Waals surface area (Å²) < 4.78 is 14.9. The predicted octanol–water partition coefficient (Wildman–Crippen LogP) is 3.93. The SMILES string of the molecule is CC(C)C1CCC(N2CCC3(CC2)C2C(=O)N(C)C(=O)C2CN3c2ccccc2F)CC1. The number of amides is 2. The van der Waals surface area contributed by atoms with E-state index in [0.29, 0.717) is 18.3 Å². The Bertz CT molecular complexity index is 887. The van der Waals surface area contributed by atoms with Gasteiger partial charge in [-0.15, -0.1) is 0 Å². The van der Waals surface area contributed by atoms with Gasteiger partial charge in [-0.05, 0) is 62.5 Å². The molecular formula is C26H36FN3O2. The second-order valence-corrected chi connectivity index (χ2v) is 10.8. The molecule has 0 radical (unpaired) electrons. The maximum atomic E-state index is 14.9. The minimum Gasteiger partial charge on any atom is -0.362 e.